The van der Waals surface area contributed by atoms with Gasteiger partial charge in [0, 0.05) is 0 Å². The van der Waals surface area contributed by atoms with Gasteiger partial charge in [-0.15, -0.1) is 0 Å². The highest BCUT2D eigenvalue weighted by Gasteiger charge is 2.22. The number of rotatable bonds is 5. The van der Waals surface area contributed by atoms with Gasteiger partial charge in [-0.1, -0.05) is 12.7 Å². The molecular formula is C8H10O5S. The molecule has 0 aliphatic rings. The predicted octanol–water partition coefficient (Wildman–Crippen LogP) is -0.398. The number of carbonyl (C=O) groups excluding carboxylic acids is 2. The quantitative estimate of drug-likeness (QED) is 0.271. The first-order valence-corrected chi connectivity index (χ1v) is 4.84. The van der Waals surface area contributed by atoms with E-state index < -0.39 is 28.0 Å². The SMILES string of the molecule is C=CCOC(=O)C(C=S(=O)=O)C(C)=O. The summed E-state index contributed by atoms with van der Waals surface area (Å²) in [6.07, 6.45) is 1.32. The maximum Gasteiger partial charge on any atom is 0.321 e. The van der Waals surface area contributed by atoms with E-state index in [0.29, 0.717) is 5.37 Å². The van der Waals surface area contributed by atoms with Crippen molar-refractivity contribution in [2.45, 2.75) is 6.92 Å². The number of Topliss-reactive ketones (excluding diaryl/α,β-unsaturated/α-hetero) is 1. The van der Waals surface area contributed by atoms with Gasteiger partial charge >= 0.3 is 5.97 Å². The molecule has 0 fully saturated rings. The average molecular weight is 218 g/mol. The van der Waals surface area contributed by atoms with E-state index in [0.717, 1.165) is 6.92 Å². The first-order valence-electron chi connectivity index (χ1n) is 3.70. The number of hydrogen-bond acceptors (Lipinski definition) is 5. The second-order valence-corrected chi connectivity index (χ2v) is 3.20. The Hall–Kier alpha value is -1.43. The van der Waals surface area contributed by atoms with Crippen LogP contribution in [0.4, 0.5) is 0 Å². The molecule has 78 valence electrons. The van der Waals surface area contributed by atoms with E-state index in [1.165, 1.54) is 6.08 Å². The van der Waals surface area contributed by atoms with Crippen molar-refractivity contribution in [2.75, 3.05) is 6.61 Å². The molecule has 0 rings (SSSR count). The van der Waals surface area contributed by atoms with E-state index >= 15 is 0 Å². The van der Waals surface area contributed by atoms with Crippen LogP contribution in [0.1, 0.15) is 6.92 Å². The lowest BCUT2D eigenvalue weighted by atomic mass is 10.1. The van der Waals surface area contributed by atoms with Crippen molar-refractivity contribution in [3.63, 3.8) is 0 Å². The Balaban J connectivity index is 4.67. The Morgan fingerprint density at radius 3 is 2.43 bits per heavy atom. The summed E-state index contributed by atoms with van der Waals surface area (Å²) in [7, 11) is -2.56. The van der Waals surface area contributed by atoms with Crippen LogP contribution in [-0.4, -0.2) is 32.1 Å². The van der Waals surface area contributed by atoms with Crippen molar-refractivity contribution in [3.8, 4) is 0 Å². The van der Waals surface area contributed by atoms with E-state index in [2.05, 4.69) is 11.3 Å². The molecule has 0 N–H and O–H groups in total. The highest BCUT2D eigenvalue weighted by Crippen LogP contribution is 1.98. The van der Waals surface area contributed by atoms with E-state index in [1.54, 1.807) is 0 Å². The molecule has 14 heavy (non-hydrogen) atoms. The minimum atomic E-state index is -2.56. The van der Waals surface area contributed by atoms with Crippen LogP contribution in [0, 0.1) is 5.92 Å². The van der Waals surface area contributed by atoms with Crippen molar-refractivity contribution in [3.05, 3.63) is 12.7 Å². The van der Waals surface area contributed by atoms with Gasteiger partial charge in [-0.2, -0.15) is 8.42 Å². The molecule has 0 aromatic carbocycles. The van der Waals surface area contributed by atoms with Crippen LogP contribution in [0.25, 0.3) is 0 Å². The summed E-state index contributed by atoms with van der Waals surface area (Å²) in [6, 6.07) is 0. The van der Waals surface area contributed by atoms with Crippen LogP contribution in [-0.2, 0) is 24.6 Å². The summed E-state index contributed by atoms with van der Waals surface area (Å²) in [5, 5.41) is 0.605. The third kappa shape index (κ3) is 4.56. The summed E-state index contributed by atoms with van der Waals surface area (Å²) < 4.78 is 25.0. The Labute approximate surface area is 82.9 Å². The lowest BCUT2D eigenvalue weighted by Gasteiger charge is -2.05. The van der Waals surface area contributed by atoms with Gasteiger partial charge in [0.15, 0.2) is 0 Å². The van der Waals surface area contributed by atoms with Gasteiger partial charge in [-0.25, -0.2) is 0 Å². The van der Waals surface area contributed by atoms with Gasteiger partial charge in [0.2, 0.25) is 10.3 Å². The molecule has 0 aliphatic heterocycles. The minimum Gasteiger partial charge on any atom is -0.461 e. The maximum absolute atomic E-state index is 11.1. The Morgan fingerprint density at radius 1 is 1.50 bits per heavy atom. The molecule has 0 amide bonds. The number of hydrogen-bond donors (Lipinski definition) is 0. The second-order valence-electron chi connectivity index (χ2n) is 2.40. The second kappa shape index (κ2) is 6.09. The molecule has 6 heteroatoms. The fraction of sp³-hybridized carbons (Fsp3) is 0.375. The Morgan fingerprint density at radius 2 is 2.07 bits per heavy atom. The van der Waals surface area contributed by atoms with Crippen molar-refractivity contribution in [1.29, 1.82) is 0 Å². The topological polar surface area (TPSA) is 77.5 Å². The molecule has 0 saturated heterocycles. The summed E-state index contributed by atoms with van der Waals surface area (Å²) in [4.78, 5) is 21.9. The van der Waals surface area contributed by atoms with Crippen molar-refractivity contribution in [2.24, 2.45) is 5.92 Å². The molecule has 0 aromatic rings. The van der Waals surface area contributed by atoms with Crippen LogP contribution in [0.3, 0.4) is 0 Å². The summed E-state index contributed by atoms with van der Waals surface area (Å²) >= 11 is 0. The van der Waals surface area contributed by atoms with E-state index in [9.17, 15) is 18.0 Å². The van der Waals surface area contributed by atoms with Crippen LogP contribution in [0.2, 0.25) is 0 Å². The van der Waals surface area contributed by atoms with Gasteiger partial charge < -0.3 is 4.74 Å². The highest BCUT2D eigenvalue weighted by molar-refractivity contribution is 7.71. The van der Waals surface area contributed by atoms with E-state index in [1.807, 2.05) is 0 Å². The summed E-state index contributed by atoms with van der Waals surface area (Å²) in [6.45, 7) is 4.36. The summed E-state index contributed by atoms with van der Waals surface area (Å²) in [5.41, 5.74) is 0. The van der Waals surface area contributed by atoms with Gasteiger partial charge in [-0.05, 0) is 6.92 Å². The normalized spacial score (nSPS) is 11.2. The van der Waals surface area contributed by atoms with Crippen molar-refractivity contribution < 1.29 is 22.7 Å². The smallest absolute Gasteiger partial charge is 0.321 e. The van der Waals surface area contributed by atoms with Gasteiger partial charge in [0.25, 0.3) is 0 Å². The average Bonchev–Trinajstić information content (AvgIpc) is 2.09. The minimum absolute atomic E-state index is 0.0536. The zero-order valence-electron chi connectivity index (χ0n) is 7.60. The van der Waals surface area contributed by atoms with Crippen LogP contribution >= 0.6 is 0 Å². The molecule has 0 bridgehead atoms. The lowest BCUT2D eigenvalue weighted by Crippen LogP contribution is -2.26. The number of ketones is 1. The lowest BCUT2D eigenvalue weighted by molar-refractivity contribution is -0.147. The van der Waals surface area contributed by atoms with Gasteiger partial charge in [0.05, 0.1) is 5.37 Å². The molecule has 1 unspecified atom stereocenters. The fourth-order valence-corrected chi connectivity index (χ4v) is 1.18. The molecular weight excluding hydrogens is 208 g/mol. The van der Waals surface area contributed by atoms with Gasteiger partial charge in [-0.3, -0.25) is 9.59 Å². The van der Waals surface area contributed by atoms with Crippen LogP contribution in [0.5, 0.6) is 0 Å². The van der Waals surface area contributed by atoms with Crippen LogP contribution in [0.15, 0.2) is 12.7 Å². The van der Waals surface area contributed by atoms with Crippen LogP contribution < -0.4 is 0 Å². The zero-order chi connectivity index (χ0) is 11.1. The third-order valence-corrected chi connectivity index (χ3v) is 1.78. The van der Waals surface area contributed by atoms with Crippen molar-refractivity contribution >= 4 is 27.4 Å². The summed E-state index contributed by atoms with van der Waals surface area (Å²) in [5.74, 6) is -2.82. The Kier molecular flexibility index (Phi) is 5.47. The molecule has 0 spiro atoms. The monoisotopic (exact) mass is 218 g/mol. The predicted molar refractivity (Wildman–Crippen MR) is 50.3 cm³/mol. The fourth-order valence-electron chi connectivity index (χ4n) is 0.659. The Bertz CT molecular complexity index is 357. The first-order chi connectivity index (χ1) is 6.49. The third-order valence-electron chi connectivity index (χ3n) is 1.28. The molecule has 1 atom stereocenters. The molecule has 0 aromatic heterocycles. The molecule has 0 radical (unpaired) electrons. The zero-order valence-corrected chi connectivity index (χ0v) is 8.41. The largest absolute Gasteiger partial charge is 0.461 e. The van der Waals surface area contributed by atoms with Crippen molar-refractivity contribution in [1.82, 2.24) is 0 Å². The first kappa shape index (κ1) is 12.6. The molecule has 0 aliphatic carbocycles. The van der Waals surface area contributed by atoms with Gasteiger partial charge in [0.1, 0.15) is 18.3 Å². The highest BCUT2D eigenvalue weighted by atomic mass is 32.2. The standard InChI is InChI=1S/C8H10O5S/c1-3-4-13-8(10)7(6(2)9)5-14(11)12/h3,5,7H,1,4H2,2H3. The molecule has 0 heterocycles. The number of ether oxygens (including phenoxy) is 1. The van der Waals surface area contributed by atoms with E-state index in [4.69, 9.17) is 0 Å². The number of carbonyl (C=O) groups is 2. The molecule has 0 saturated carbocycles. The number of esters is 1. The molecule has 5 nitrogen and oxygen atoms in total. The van der Waals surface area contributed by atoms with E-state index in [-0.39, 0.29) is 6.61 Å². The maximum atomic E-state index is 11.1.